The van der Waals surface area contributed by atoms with Gasteiger partial charge in [-0.1, -0.05) is 134 Å². The summed E-state index contributed by atoms with van der Waals surface area (Å²) in [6.45, 7) is 29.9. The number of hydrogen-bond acceptors (Lipinski definition) is 16. The fourth-order valence-electron chi connectivity index (χ4n) is 6.61. The number of hydroxylamine groups is 4. The zero-order valence-electron chi connectivity index (χ0n) is 52.2. The Labute approximate surface area is 518 Å². The van der Waals surface area contributed by atoms with Gasteiger partial charge in [0.1, 0.15) is 5.75 Å². The number of ether oxygens (including phenoxy) is 3. The topological polar surface area (TPSA) is 244 Å². The van der Waals surface area contributed by atoms with Crippen molar-refractivity contribution in [3.05, 3.63) is 133 Å². The molecule has 1 atom stereocenters. The van der Waals surface area contributed by atoms with Gasteiger partial charge in [-0.2, -0.15) is 8.78 Å². The van der Waals surface area contributed by atoms with Crippen molar-refractivity contribution < 1.29 is 94.2 Å². The summed E-state index contributed by atoms with van der Waals surface area (Å²) >= 11 is 11.8. The van der Waals surface area contributed by atoms with Crippen LogP contribution in [-0.2, 0) is 52.8 Å². The SMILES string of the molecule is CC(C)C(=O)ON1C(=O)CC(C)C1=O.CC(C)C(=O)ON1C(=O)c2ccccc2C1=O.CC1=C(C)C(=O)N(C(C)C)C1=O.Cc1c(F)c(F)c(OC(=O)C(C)C)c(F)c1F.Cc1cc(Cl)c(OC(=O)C(C)C)c(Cl)c1.Cc1ccc(OC(=O)C(C)C)cc1. The molecule has 1 saturated heterocycles. The molecule has 4 aromatic rings. The number of halogens is 6. The van der Waals surface area contributed by atoms with E-state index in [1.165, 1.54) is 30.9 Å². The summed E-state index contributed by atoms with van der Waals surface area (Å²) in [4.78, 5) is 136. The van der Waals surface area contributed by atoms with Crippen molar-refractivity contribution in [3.8, 4) is 17.2 Å². The van der Waals surface area contributed by atoms with Gasteiger partial charge in [0.25, 0.3) is 35.4 Å². The molecule has 478 valence electrons. The molecule has 3 heterocycles. The second-order valence-corrected chi connectivity index (χ2v) is 22.7. The molecule has 0 N–H and O–H groups in total. The van der Waals surface area contributed by atoms with Crippen LogP contribution in [-0.4, -0.2) is 86.4 Å². The van der Waals surface area contributed by atoms with Gasteiger partial charge in [-0.05, 0) is 90.4 Å². The standard InChI is InChI=1S/C12H11NO4.C11H12Cl2O2.C11H10F4O2.C11H14O2.C9H13NO4.C9H13NO2/c1-7(2)12(16)17-13-10(14)8-5-3-4-6-9(8)11(13)15;1-6(2)11(14)15-10-8(12)4-7(3)5-9(10)13;1-4(2)11(16)17-10-8(14)6(12)5(3)7(13)9(10)15;1-8(2)11(12)13-10-6-4-9(3)5-7-10;1-5(2)9(13)14-10-7(11)4-6(3)8(10)12;1-5(2)10-8(11)6(3)7(4)9(10)12/h3-7H,1-2H3;4-6H,1-3H3;4H,1-3H3;4-8H,1-3H3;5-6H,4H2,1-3H3;5H,1-4H3. The minimum absolute atomic E-state index is 0.0441. The number of benzene rings is 4. The summed E-state index contributed by atoms with van der Waals surface area (Å²) in [7, 11) is 0. The van der Waals surface area contributed by atoms with Gasteiger partial charge in [-0.25, -0.2) is 18.4 Å². The van der Waals surface area contributed by atoms with Crippen LogP contribution in [0, 0.1) is 79.5 Å². The summed E-state index contributed by atoms with van der Waals surface area (Å²) in [5.41, 5.74) is 2.95. The van der Waals surface area contributed by atoms with Crippen molar-refractivity contribution in [2.24, 2.45) is 35.5 Å². The Balaban J connectivity index is 0.000000362. The van der Waals surface area contributed by atoms with E-state index in [4.69, 9.17) is 37.5 Å². The van der Waals surface area contributed by atoms with Crippen LogP contribution >= 0.6 is 23.2 Å². The lowest BCUT2D eigenvalue weighted by atomic mass is 10.1. The molecule has 1 unspecified atom stereocenters. The van der Waals surface area contributed by atoms with Gasteiger partial charge in [-0.15, -0.1) is 5.06 Å². The van der Waals surface area contributed by atoms with Crippen molar-refractivity contribution in [3.63, 3.8) is 0 Å². The predicted octanol–water partition coefficient (Wildman–Crippen LogP) is 12.5. The van der Waals surface area contributed by atoms with Crippen LogP contribution in [0.1, 0.15) is 148 Å². The number of fused-ring (bicyclic) bond motifs is 1. The van der Waals surface area contributed by atoms with Gasteiger partial charge in [0, 0.05) is 35.1 Å². The Morgan fingerprint density at radius 3 is 1.18 bits per heavy atom. The van der Waals surface area contributed by atoms with E-state index in [1.807, 2.05) is 53.7 Å². The maximum Gasteiger partial charge on any atom is 0.335 e. The molecule has 7 rings (SSSR count). The molecule has 1 fully saturated rings. The highest BCUT2D eigenvalue weighted by Gasteiger charge is 2.40. The van der Waals surface area contributed by atoms with E-state index in [-0.39, 0.29) is 76.8 Å². The van der Waals surface area contributed by atoms with E-state index in [1.54, 1.807) is 98.7 Å². The zero-order chi connectivity index (χ0) is 67.7. The van der Waals surface area contributed by atoms with E-state index in [2.05, 4.69) is 9.57 Å². The van der Waals surface area contributed by atoms with E-state index >= 15 is 0 Å². The fraction of sp³-hybridized carbons (Fsp3) is 0.413. The molecule has 25 heteroatoms. The second kappa shape index (κ2) is 33.7. The second-order valence-electron chi connectivity index (χ2n) is 21.8. The first-order chi connectivity index (χ1) is 40.7. The number of carbonyl (C=O) groups excluding carboxylic acids is 11. The van der Waals surface area contributed by atoms with Gasteiger partial charge in [0.2, 0.25) is 17.4 Å². The lowest BCUT2D eigenvalue weighted by molar-refractivity contribution is -0.200. The Morgan fingerprint density at radius 2 is 0.841 bits per heavy atom. The van der Waals surface area contributed by atoms with Gasteiger partial charge >= 0.3 is 29.8 Å². The molecular formula is C63H73Cl2F4N3O16. The van der Waals surface area contributed by atoms with Crippen molar-refractivity contribution in [2.75, 3.05) is 0 Å². The highest BCUT2D eigenvalue weighted by atomic mass is 35.5. The van der Waals surface area contributed by atoms with Crippen molar-refractivity contribution in [2.45, 2.75) is 137 Å². The van der Waals surface area contributed by atoms with Crippen LogP contribution in [0.2, 0.25) is 10.0 Å². The number of nitrogens with zero attached hydrogens (tertiary/aromatic N) is 3. The number of hydrogen-bond donors (Lipinski definition) is 0. The zero-order valence-corrected chi connectivity index (χ0v) is 53.7. The van der Waals surface area contributed by atoms with Gasteiger partial charge in [-0.3, -0.25) is 48.1 Å². The smallest absolute Gasteiger partial charge is 0.335 e. The first-order valence-electron chi connectivity index (χ1n) is 27.5. The molecule has 0 radical (unpaired) electrons. The first kappa shape index (κ1) is 75.8. The van der Waals surface area contributed by atoms with Crippen LogP contribution in [0.5, 0.6) is 17.2 Å². The normalized spacial score (nSPS) is 14.2. The minimum Gasteiger partial charge on any atom is -0.426 e. The number of esters is 3. The van der Waals surface area contributed by atoms with Crippen molar-refractivity contribution in [1.82, 2.24) is 15.0 Å². The molecule has 3 aliphatic heterocycles. The Kier molecular flexibility index (Phi) is 29.0. The number of imide groups is 3. The monoisotopic (exact) mass is 1270 g/mol. The molecule has 0 aliphatic carbocycles. The third kappa shape index (κ3) is 20.7. The van der Waals surface area contributed by atoms with E-state index in [9.17, 15) is 70.3 Å². The number of amides is 6. The molecule has 6 amide bonds. The Morgan fingerprint density at radius 1 is 0.477 bits per heavy atom. The molecule has 19 nitrogen and oxygen atoms in total. The Bertz CT molecular complexity index is 3230. The summed E-state index contributed by atoms with van der Waals surface area (Å²) in [6, 6.07) is 17.2. The van der Waals surface area contributed by atoms with Gasteiger partial charge < -0.3 is 23.9 Å². The average molecular weight is 1280 g/mol. The van der Waals surface area contributed by atoms with E-state index in [0.29, 0.717) is 37.1 Å². The molecule has 0 saturated carbocycles. The van der Waals surface area contributed by atoms with Crippen molar-refractivity contribution in [1.29, 1.82) is 0 Å². The van der Waals surface area contributed by atoms with Crippen LogP contribution in [0.25, 0.3) is 0 Å². The molecule has 0 bridgehead atoms. The summed E-state index contributed by atoms with van der Waals surface area (Å²) < 4.78 is 67.2. The summed E-state index contributed by atoms with van der Waals surface area (Å²) in [5, 5.41) is 1.81. The molecule has 0 spiro atoms. The van der Waals surface area contributed by atoms with Crippen LogP contribution in [0.15, 0.2) is 71.8 Å². The maximum absolute atomic E-state index is 13.3. The van der Waals surface area contributed by atoms with E-state index in [0.717, 1.165) is 18.1 Å². The number of rotatable bonds is 11. The largest absolute Gasteiger partial charge is 0.426 e. The van der Waals surface area contributed by atoms with Gasteiger partial charge in [0.15, 0.2) is 17.4 Å². The number of carbonyl (C=O) groups is 11. The number of aryl methyl sites for hydroxylation is 2. The fourth-order valence-corrected chi connectivity index (χ4v) is 7.28. The lowest BCUT2D eigenvalue weighted by Gasteiger charge is -2.18. The van der Waals surface area contributed by atoms with Crippen LogP contribution < -0.4 is 14.2 Å². The minimum atomic E-state index is -1.71. The highest BCUT2D eigenvalue weighted by molar-refractivity contribution is 6.37. The van der Waals surface area contributed by atoms with Crippen LogP contribution in [0.3, 0.4) is 0 Å². The summed E-state index contributed by atoms with van der Waals surface area (Å²) in [5.74, 6) is -14.3. The first-order valence-corrected chi connectivity index (χ1v) is 28.3. The predicted molar refractivity (Wildman–Crippen MR) is 315 cm³/mol. The highest BCUT2D eigenvalue weighted by Crippen LogP contribution is 2.35. The van der Waals surface area contributed by atoms with Gasteiger partial charge in [0.05, 0.1) is 50.8 Å². The molecule has 3 aliphatic rings. The molecular weight excluding hydrogens is 1200 g/mol. The molecule has 4 aromatic carbocycles. The Hall–Kier alpha value is -8.31. The third-order valence-electron chi connectivity index (χ3n) is 12.2. The molecule has 0 aromatic heterocycles. The van der Waals surface area contributed by atoms with Crippen LogP contribution in [0.4, 0.5) is 17.6 Å². The summed E-state index contributed by atoms with van der Waals surface area (Å²) in [6.07, 6.45) is 0.115. The van der Waals surface area contributed by atoms with Crippen molar-refractivity contribution >= 4 is 88.5 Å². The lowest BCUT2D eigenvalue weighted by Crippen LogP contribution is -2.37. The maximum atomic E-state index is 13.3. The third-order valence-corrected chi connectivity index (χ3v) is 12.8. The average Bonchev–Trinajstić information content (AvgIpc) is 3.77. The quantitative estimate of drug-likeness (QED) is 0.0445. The molecule has 88 heavy (non-hydrogen) atoms. The van der Waals surface area contributed by atoms with E-state index < -0.39 is 88.0 Å².